The van der Waals surface area contributed by atoms with Gasteiger partial charge in [0.15, 0.2) is 0 Å². The van der Waals surface area contributed by atoms with Crippen molar-refractivity contribution in [3.8, 4) is 0 Å². The van der Waals surface area contributed by atoms with Crippen molar-refractivity contribution in [2.24, 2.45) is 5.41 Å². The molecule has 19 heavy (non-hydrogen) atoms. The molecule has 2 rings (SSSR count). The van der Waals surface area contributed by atoms with E-state index < -0.39 is 0 Å². The first kappa shape index (κ1) is 14.5. The van der Waals surface area contributed by atoms with Crippen molar-refractivity contribution < 1.29 is 4.74 Å². The van der Waals surface area contributed by atoms with Gasteiger partial charge >= 0.3 is 0 Å². The Balaban J connectivity index is 1.97. The fourth-order valence-electron chi connectivity index (χ4n) is 3.06. The van der Waals surface area contributed by atoms with E-state index in [1.165, 1.54) is 5.56 Å². The molecule has 4 unspecified atom stereocenters. The summed E-state index contributed by atoms with van der Waals surface area (Å²) in [5, 5.41) is 3.75. The third-order valence-corrected chi connectivity index (χ3v) is 4.77. The highest BCUT2D eigenvalue weighted by atomic mass is 16.5. The molecule has 1 saturated carbocycles. The topological polar surface area (TPSA) is 34.1 Å². The summed E-state index contributed by atoms with van der Waals surface area (Å²) in [4.78, 5) is 4.07. The second-order valence-electron chi connectivity index (χ2n) is 5.76. The molecule has 1 fully saturated rings. The van der Waals surface area contributed by atoms with Crippen LogP contribution in [0, 0.1) is 5.41 Å². The van der Waals surface area contributed by atoms with Crippen LogP contribution in [-0.4, -0.2) is 23.7 Å². The van der Waals surface area contributed by atoms with Gasteiger partial charge in [-0.1, -0.05) is 13.8 Å². The molecule has 1 aromatic rings. The Kier molecular flexibility index (Phi) is 4.58. The van der Waals surface area contributed by atoms with Gasteiger partial charge < -0.3 is 10.1 Å². The predicted octanol–water partition coefficient (Wildman–Crippen LogP) is 3.33. The Bertz CT molecular complexity index is 395. The van der Waals surface area contributed by atoms with E-state index in [-0.39, 0.29) is 5.41 Å². The minimum Gasteiger partial charge on any atom is -0.378 e. The average Bonchev–Trinajstić information content (AvgIpc) is 2.46. The molecule has 3 heteroatoms. The lowest BCUT2D eigenvalue weighted by molar-refractivity contribution is -0.127. The predicted molar refractivity (Wildman–Crippen MR) is 78.0 cm³/mol. The van der Waals surface area contributed by atoms with Gasteiger partial charge in [-0.25, -0.2) is 0 Å². The maximum Gasteiger partial charge on any atom is 0.0658 e. The highest BCUT2D eigenvalue weighted by Crippen LogP contribution is 2.46. The van der Waals surface area contributed by atoms with Crippen LogP contribution in [-0.2, 0) is 4.74 Å². The molecule has 0 aromatic carbocycles. The molecule has 0 saturated heterocycles. The summed E-state index contributed by atoms with van der Waals surface area (Å²) in [6.07, 6.45) is 6.39. The van der Waals surface area contributed by atoms with E-state index in [0.29, 0.717) is 18.2 Å². The molecular weight excluding hydrogens is 236 g/mol. The molecule has 1 aliphatic rings. The summed E-state index contributed by atoms with van der Waals surface area (Å²) in [7, 11) is 0. The zero-order chi connectivity index (χ0) is 13.9. The maximum absolute atomic E-state index is 5.85. The van der Waals surface area contributed by atoms with E-state index in [1.54, 1.807) is 0 Å². The number of nitrogens with zero attached hydrogens (tertiary/aromatic N) is 1. The number of rotatable bonds is 6. The van der Waals surface area contributed by atoms with Crippen LogP contribution in [0.5, 0.6) is 0 Å². The normalized spacial score (nSPS) is 31.8. The van der Waals surface area contributed by atoms with Crippen LogP contribution in [0.2, 0.25) is 0 Å². The lowest BCUT2D eigenvalue weighted by Gasteiger charge is -2.54. The van der Waals surface area contributed by atoms with Crippen molar-refractivity contribution in [1.29, 1.82) is 0 Å². The summed E-state index contributed by atoms with van der Waals surface area (Å²) < 4.78 is 5.85. The average molecular weight is 262 g/mol. The Labute approximate surface area is 116 Å². The third kappa shape index (κ3) is 2.82. The first-order valence-electron chi connectivity index (χ1n) is 7.39. The van der Waals surface area contributed by atoms with Gasteiger partial charge in [-0.15, -0.1) is 0 Å². The molecule has 1 heterocycles. The van der Waals surface area contributed by atoms with Crippen molar-refractivity contribution in [3.63, 3.8) is 0 Å². The smallest absolute Gasteiger partial charge is 0.0658 e. The lowest BCUT2D eigenvalue weighted by atomic mass is 9.61. The van der Waals surface area contributed by atoms with E-state index >= 15 is 0 Å². The number of hydrogen-bond acceptors (Lipinski definition) is 3. The second kappa shape index (κ2) is 6.02. The van der Waals surface area contributed by atoms with Crippen LogP contribution in [0.3, 0.4) is 0 Å². The molecule has 0 bridgehead atoms. The highest BCUT2D eigenvalue weighted by molar-refractivity contribution is 5.16. The van der Waals surface area contributed by atoms with Crippen molar-refractivity contribution in [1.82, 2.24) is 10.3 Å². The van der Waals surface area contributed by atoms with Crippen molar-refractivity contribution in [2.45, 2.75) is 58.7 Å². The Morgan fingerprint density at radius 1 is 1.42 bits per heavy atom. The summed E-state index contributed by atoms with van der Waals surface area (Å²) >= 11 is 0. The molecule has 1 aromatic heterocycles. The third-order valence-electron chi connectivity index (χ3n) is 4.77. The fourth-order valence-corrected chi connectivity index (χ4v) is 3.06. The molecular formula is C16H26N2O. The van der Waals surface area contributed by atoms with Gasteiger partial charge in [-0.2, -0.15) is 0 Å². The Morgan fingerprint density at radius 3 is 2.68 bits per heavy atom. The van der Waals surface area contributed by atoms with E-state index in [4.69, 9.17) is 4.74 Å². The molecule has 3 nitrogen and oxygen atoms in total. The molecule has 1 N–H and O–H groups in total. The van der Waals surface area contributed by atoms with Gasteiger partial charge in [0.05, 0.1) is 6.10 Å². The fraction of sp³-hybridized carbons (Fsp3) is 0.688. The summed E-state index contributed by atoms with van der Waals surface area (Å²) in [6, 6.07) is 5.07. The number of ether oxygens (including phenoxy) is 1. The molecule has 0 amide bonds. The lowest BCUT2D eigenvalue weighted by Crippen LogP contribution is -2.62. The zero-order valence-corrected chi connectivity index (χ0v) is 12.5. The van der Waals surface area contributed by atoms with Gasteiger partial charge in [0.25, 0.3) is 0 Å². The van der Waals surface area contributed by atoms with Crippen molar-refractivity contribution >= 4 is 0 Å². The second-order valence-corrected chi connectivity index (χ2v) is 5.76. The molecule has 0 radical (unpaired) electrons. The molecule has 0 aliphatic heterocycles. The SMILES string of the molecule is CCOC1CC(NC(C)c2ccncc2)C1(C)CC. The molecule has 1 aliphatic carbocycles. The Morgan fingerprint density at radius 2 is 2.11 bits per heavy atom. The van der Waals surface area contributed by atoms with Gasteiger partial charge in [0.2, 0.25) is 0 Å². The van der Waals surface area contributed by atoms with Crippen LogP contribution >= 0.6 is 0 Å². The van der Waals surface area contributed by atoms with E-state index in [0.717, 1.165) is 19.4 Å². The van der Waals surface area contributed by atoms with Gasteiger partial charge in [-0.05, 0) is 44.4 Å². The monoisotopic (exact) mass is 262 g/mol. The minimum absolute atomic E-state index is 0.261. The van der Waals surface area contributed by atoms with Gasteiger partial charge in [-0.3, -0.25) is 4.98 Å². The number of pyridine rings is 1. The van der Waals surface area contributed by atoms with Crippen LogP contribution in [0.1, 0.15) is 52.1 Å². The Hall–Kier alpha value is -0.930. The van der Waals surface area contributed by atoms with Crippen LogP contribution in [0.4, 0.5) is 0 Å². The van der Waals surface area contributed by atoms with Crippen LogP contribution in [0.15, 0.2) is 24.5 Å². The number of nitrogens with one attached hydrogen (secondary N) is 1. The zero-order valence-electron chi connectivity index (χ0n) is 12.5. The largest absolute Gasteiger partial charge is 0.378 e. The van der Waals surface area contributed by atoms with Gasteiger partial charge in [0.1, 0.15) is 0 Å². The van der Waals surface area contributed by atoms with Crippen molar-refractivity contribution in [3.05, 3.63) is 30.1 Å². The number of hydrogen-bond donors (Lipinski definition) is 1. The molecule has 0 spiro atoms. The minimum atomic E-state index is 0.261. The summed E-state index contributed by atoms with van der Waals surface area (Å²) in [5.41, 5.74) is 1.56. The van der Waals surface area contributed by atoms with Gasteiger partial charge in [0, 0.05) is 36.5 Å². The van der Waals surface area contributed by atoms with Crippen LogP contribution in [0.25, 0.3) is 0 Å². The summed E-state index contributed by atoms with van der Waals surface area (Å²) in [6.45, 7) is 9.72. The maximum atomic E-state index is 5.85. The van der Waals surface area contributed by atoms with E-state index in [9.17, 15) is 0 Å². The number of aromatic nitrogens is 1. The van der Waals surface area contributed by atoms with Crippen LogP contribution < -0.4 is 5.32 Å². The highest BCUT2D eigenvalue weighted by Gasteiger charge is 2.51. The van der Waals surface area contributed by atoms with E-state index in [1.807, 2.05) is 12.4 Å². The standard InChI is InChI=1S/C16H26N2O/c1-5-16(4)14(11-15(16)19-6-2)18-12(3)13-7-9-17-10-8-13/h7-10,12,14-15,18H,5-6,11H2,1-4H3. The molecule has 4 atom stereocenters. The van der Waals surface area contributed by atoms with Crippen molar-refractivity contribution in [2.75, 3.05) is 6.61 Å². The first-order chi connectivity index (χ1) is 9.11. The quantitative estimate of drug-likeness (QED) is 0.854. The molecule has 106 valence electrons. The first-order valence-corrected chi connectivity index (χ1v) is 7.39. The summed E-state index contributed by atoms with van der Waals surface area (Å²) in [5.74, 6) is 0. The van der Waals surface area contributed by atoms with E-state index in [2.05, 4.69) is 50.1 Å².